The van der Waals surface area contributed by atoms with Crippen LogP contribution in [0.5, 0.6) is 11.5 Å². The predicted molar refractivity (Wildman–Crippen MR) is 92.2 cm³/mol. The number of unbranched alkanes of at least 4 members (excludes halogenated alkanes) is 1. The maximum Gasteiger partial charge on any atom is 0.222 e. The van der Waals surface area contributed by atoms with Gasteiger partial charge >= 0.3 is 0 Å². The summed E-state index contributed by atoms with van der Waals surface area (Å²) in [5.74, 6) is 2.62. The molecule has 0 saturated heterocycles. The number of hydrogen-bond donors (Lipinski definition) is 0. The summed E-state index contributed by atoms with van der Waals surface area (Å²) < 4.78 is 10.7. The van der Waals surface area contributed by atoms with Crippen molar-refractivity contribution in [2.45, 2.75) is 44.9 Å². The van der Waals surface area contributed by atoms with Gasteiger partial charge < -0.3 is 14.4 Å². The quantitative estimate of drug-likeness (QED) is 0.694. The predicted octanol–water partition coefficient (Wildman–Crippen LogP) is 3.85. The molecular formula is C19H29NO3. The molecule has 1 saturated carbocycles. The van der Waals surface area contributed by atoms with Crippen LogP contribution in [0.4, 0.5) is 0 Å². The normalized spacial score (nSPS) is 15.1. The van der Waals surface area contributed by atoms with Gasteiger partial charge in [0, 0.05) is 20.0 Å². The summed E-state index contributed by atoms with van der Waals surface area (Å²) in [7, 11) is 5.20. The first-order valence-corrected chi connectivity index (χ1v) is 8.56. The van der Waals surface area contributed by atoms with E-state index in [-0.39, 0.29) is 11.8 Å². The summed E-state index contributed by atoms with van der Waals surface area (Å²) in [5, 5.41) is 0. The van der Waals surface area contributed by atoms with Gasteiger partial charge in [-0.25, -0.2) is 0 Å². The van der Waals surface area contributed by atoms with Crippen LogP contribution in [0.25, 0.3) is 0 Å². The van der Waals surface area contributed by atoms with Gasteiger partial charge in [0.1, 0.15) is 0 Å². The first kappa shape index (κ1) is 17.6. The van der Waals surface area contributed by atoms with Crippen molar-refractivity contribution >= 4 is 5.91 Å². The maximum absolute atomic E-state index is 12.5. The molecule has 0 heterocycles. The lowest BCUT2D eigenvalue weighted by atomic mass is 9.90. The zero-order chi connectivity index (χ0) is 16.8. The van der Waals surface area contributed by atoms with Gasteiger partial charge in [0.05, 0.1) is 14.2 Å². The Morgan fingerprint density at radius 2 is 1.96 bits per heavy atom. The van der Waals surface area contributed by atoms with E-state index in [9.17, 15) is 4.79 Å². The molecule has 1 fully saturated rings. The fourth-order valence-corrected chi connectivity index (χ4v) is 3.00. The minimum atomic E-state index is 0.241. The fraction of sp³-hybridized carbons (Fsp3) is 0.632. The Bertz CT molecular complexity index is 525. The molecule has 0 N–H and O–H groups in total. The van der Waals surface area contributed by atoms with E-state index in [0.717, 1.165) is 30.9 Å². The van der Waals surface area contributed by atoms with Crippen LogP contribution in [0, 0.1) is 5.92 Å². The second-order valence-corrected chi connectivity index (χ2v) is 6.43. The van der Waals surface area contributed by atoms with Gasteiger partial charge in [0.25, 0.3) is 0 Å². The van der Waals surface area contributed by atoms with Gasteiger partial charge in [-0.05, 0) is 48.8 Å². The first-order chi connectivity index (χ1) is 11.1. The van der Waals surface area contributed by atoms with Crippen molar-refractivity contribution in [1.82, 2.24) is 4.90 Å². The van der Waals surface area contributed by atoms with E-state index in [1.54, 1.807) is 14.2 Å². The molecule has 0 spiro atoms. The van der Waals surface area contributed by atoms with E-state index in [1.165, 1.54) is 18.4 Å². The average Bonchev–Trinajstić information content (AvgIpc) is 3.41. The molecule has 1 amide bonds. The second-order valence-electron chi connectivity index (χ2n) is 6.43. The number of nitrogens with zero attached hydrogens (tertiary/aromatic N) is 1. The Balaban J connectivity index is 2.11. The Labute approximate surface area is 139 Å². The molecule has 1 unspecified atom stereocenters. The number of benzene rings is 1. The second kappa shape index (κ2) is 8.23. The Morgan fingerprint density at radius 3 is 2.52 bits per heavy atom. The van der Waals surface area contributed by atoms with Crippen molar-refractivity contribution in [3.8, 4) is 11.5 Å². The van der Waals surface area contributed by atoms with Crippen LogP contribution in [-0.4, -0.2) is 38.6 Å². The minimum Gasteiger partial charge on any atom is -0.493 e. The van der Waals surface area contributed by atoms with Crippen LogP contribution in [-0.2, 0) is 4.79 Å². The van der Waals surface area contributed by atoms with Gasteiger partial charge in [0.15, 0.2) is 11.5 Å². The molecule has 1 aromatic carbocycles. The third-order valence-electron chi connectivity index (χ3n) is 4.69. The zero-order valence-electron chi connectivity index (χ0n) is 14.8. The van der Waals surface area contributed by atoms with E-state index in [1.807, 2.05) is 24.1 Å². The molecule has 1 atom stereocenters. The van der Waals surface area contributed by atoms with Crippen molar-refractivity contribution in [3.63, 3.8) is 0 Å². The number of rotatable bonds is 9. The molecule has 0 aliphatic heterocycles. The molecule has 1 aromatic rings. The highest BCUT2D eigenvalue weighted by Crippen LogP contribution is 2.46. The highest BCUT2D eigenvalue weighted by molar-refractivity contribution is 5.77. The summed E-state index contributed by atoms with van der Waals surface area (Å²) in [6.45, 7) is 2.99. The van der Waals surface area contributed by atoms with Crippen LogP contribution in [0.1, 0.15) is 50.5 Å². The van der Waals surface area contributed by atoms with Crippen LogP contribution < -0.4 is 9.47 Å². The Hall–Kier alpha value is -1.71. The Kier molecular flexibility index (Phi) is 6.31. The molecule has 128 valence electrons. The van der Waals surface area contributed by atoms with Gasteiger partial charge in [-0.3, -0.25) is 4.79 Å². The monoisotopic (exact) mass is 319 g/mol. The lowest BCUT2D eigenvalue weighted by Crippen LogP contribution is -2.29. The molecule has 0 aromatic heterocycles. The van der Waals surface area contributed by atoms with Crippen molar-refractivity contribution in [3.05, 3.63) is 23.8 Å². The van der Waals surface area contributed by atoms with Crippen molar-refractivity contribution in [2.75, 3.05) is 27.8 Å². The van der Waals surface area contributed by atoms with Gasteiger partial charge in [0.2, 0.25) is 5.91 Å². The number of hydrogen-bond acceptors (Lipinski definition) is 3. The van der Waals surface area contributed by atoms with Gasteiger partial charge in [-0.1, -0.05) is 19.4 Å². The number of carbonyl (C=O) groups excluding carboxylic acids is 1. The SMILES string of the molecule is CCCCN(C)C(=O)CC(c1ccc(OC)c(OC)c1)C1CC1. The molecule has 2 rings (SSSR count). The van der Waals surface area contributed by atoms with E-state index in [0.29, 0.717) is 12.3 Å². The molecule has 4 nitrogen and oxygen atoms in total. The lowest BCUT2D eigenvalue weighted by molar-refractivity contribution is -0.130. The van der Waals surface area contributed by atoms with Crippen LogP contribution in [0.15, 0.2) is 18.2 Å². The first-order valence-electron chi connectivity index (χ1n) is 8.56. The third-order valence-corrected chi connectivity index (χ3v) is 4.69. The Morgan fingerprint density at radius 1 is 1.26 bits per heavy atom. The molecular weight excluding hydrogens is 290 g/mol. The zero-order valence-corrected chi connectivity index (χ0v) is 14.8. The van der Waals surface area contributed by atoms with E-state index < -0.39 is 0 Å². The standard InChI is InChI=1S/C19H29NO3/c1-5-6-11-20(2)19(21)13-16(14-7-8-14)15-9-10-17(22-3)18(12-15)23-4/h9-10,12,14,16H,5-8,11,13H2,1-4H3. The number of methoxy groups -OCH3 is 2. The molecule has 23 heavy (non-hydrogen) atoms. The third kappa shape index (κ3) is 4.63. The maximum atomic E-state index is 12.5. The number of carbonyl (C=O) groups is 1. The largest absolute Gasteiger partial charge is 0.493 e. The van der Waals surface area contributed by atoms with Crippen LogP contribution in [0.2, 0.25) is 0 Å². The minimum absolute atomic E-state index is 0.241. The van der Waals surface area contributed by atoms with Gasteiger partial charge in [-0.2, -0.15) is 0 Å². The molecule has 1 aliphatic carbocycles. The molecule has 0 bridgehead atoms. The number of ether oxygens (including phenoxy) is 2. The molecule has 0 radical (unpaired) electrons. The average molecular weight is 319 g/mol. The highest BCUT2D eigenvalue weighted by atomic mass is 16.5. The topological polar surface area (TPSA) is 38.8 Å². The highest BCUT2D eigenvalue weighted by Gasteiger charge is 2.34. The lowest BCUT2D eigenvalue weighted by Gasteiger charge is -2.22. The summed E-state index contributed by atoms with van der Waals surface area (Å²) >= 11 is 0. The summed E-state index contributed by atoms with van der Waals surface area (Å²) in [6.07, 6.45) is 5.18. The van der Waals surface area contributed by atoms with Crippen molar-refractivity contribution in [2.24, 2.45) is 5.92 Å². The summed E-state index contributed by atoms with van der Waals surface area (Å²) in [6, 6.07) is 6.04. The van der Waals surface area contributed by atoms with E-state index in [2.05, 4.69) is 13.0 Å². The van der Waals surface area contributed by atoms with Crippen molar-refractivity contribution < 1.29 is 14.3 Å². The van der Waals surface area contributed by atoms with Crippen LogP contribution >= 0.6 is 0 Å². The molecule has 1 aliphatic rings. The smallest absolute Gasteiger partial charge is 0.222 e. The summed E-state index contributed by atoms with van der Waals surface area (Å²) in [4.78, 5) is 14.4. The van der Waals surface area contributed by atoms with Gasteiger partial charge in [-0.15, -0.1) is 0 Å². The van der Waals surface area contributed by atoms with Crippen LogP contribution in [0.3, 0.4) is 0 Å². The number of amides is 1. The molecule has 4 heteroatoms. The fourth-order valence-electron chi connectivity index (χ4n) is 3.00. The van der Waals surface area contributed by atoms with Crippen molar-refractivity contribution in [1.29, 1.82) is 0 Å². The van der Waals surface area contributed by atoms with E-state index >= 15 is 0 Å². The van der Waals surface area contributed by atoms with E-state index in [4.69, 9.17) is 9.47 Å². The summed E-state index contributed by atoms with van der Waals surface area (Å²) in [5.41, 5.74) is 1.18.